The highest BCUT2D eigenvalue weighted by molar-refractivity contribution is 7.19. The van der Waals surface area contributed by atoms with Crippen LogP contribution < -0.4 is 20.4 Å². The third-order valence-electron chi connectivity index (χ3n) is 5.60. The van der Waals surface area contributed by atoms with Crippen molar-refractivity contribution in [2.24, 2.45) is 0 Å². The van der Waals surface area contributed by atoms with E-state index in [0.29, 0.717) is 10.3 Å². The van der Waals surface area contributed by atoms with Crippen molar-refractivity contribution in [3.8, 4) is 0 Å². The number of carbonyl (C=O) groups is 1. The highest BCUT2D eigenvalue weighted by Gasteiger charge is 2.27. The molecule has 1 aromatic carbocycles. The zero-order valence-electron chi connectivity index (χ0n) is 18.7. The minimum absolute atomic E-state index is 0.0795. The molecule has 2 atom stereocenters. The predicted molar refractivity (Wildman–Crippen MR) is 127 cm³/mol. The third-order valence-corrected chi connectivity index (χ3v) is 6.53. The molecule has 1 aliphatic rings. The molecule has 168 valence electrons. The number of rotatable bonds is 7. The van der Waals surface area contributed by atoms with Gasteiger partial charge in [-0.2, -0.15) is 5.10 Å². The number of amides is 1. The monoisotopic (exact) mass is 452 g/mol. The van der Waals surface area contributed by atoms with E-state index in [0.717, 1.165) is 42.0 Å². The number of carbonyl (C=O) groups excluding carboxylic acids is 1. The van der Waals surface area contributed by atoms with Crippen molar-refractivity contribution in [2.45, 2.75) is 32.4 Å². The van der Waals surface area contributed by atoms with Gasteiger partial charge in [-0.05, 0) is 44.5 Å². The summed E-state index contributed by atoms with van der Waals surface area (Å²) in [5.74, 6) is 0.816. The summed E-state index contributed by atoms with van der Waals surface area (Å²) < 4.78 is 0. The smallest absolute Gasteiger partial charge is 0.250 e. The van der Waals surface area contributed by atoms with Crippen molar-refractivity contribution < 1.29 is 4.79 Å². The SMILES string of the molecule is CN[C@H](C(=O)N(C)c1nnc(N[C@@H]2CCN(c3cc(C)cnn3)C2)s1)c1ccc(C)cc1. The van der Waals surface area contributed by atoms with Crippen molar-refractivity contribution in [3.63, 3.8) is 0 Å². The van der Waals surface area contributed by atoms with Crippen LogP contribution in [0.5, 0.6) is 0 Å². The maximum absolute atomic E-state index is 13.1. The van der Waals surface area contributed by atoms with Crippen molar-refractivity contribution in [3.05, 3.63) is 53.2 Å². The van der Waals surface area contributed by atoms with Crippen LogP contribution in [0.15, 0.2) is 36.5 Å². The van der Waals surface area contributed by atoms with Crippen molar-refractivity contribution in [1.82, 2.24) is 25.7 Å². The molecule has 1 amide bonds. The van der Waals surface area contributed by atoms with E-state index in [9.17, 15) is 4.79 Å². The van der Waals surface area contributed by atoms with Crippen LogP contribution in [0.4, 0.5) is 16.1 Å². The molecule has 0 bridgehead atoms. The Bertz CT molecular complexity index is 1070. The molecule has 10 heteroatoms. The van der Waals surface area contributed by atoms with Crippen LogP contribution in [0, 0.1) is 13.8 Å². The summed E-state index contributed by atoms with van der Waals surface area (Å²) in [5, 5.41) is 24.6. The van der Waals surface area contributed by atoms with Gasteiger partial charge in [0.2, 0.25) is 16.2 Å². The van der Waals surface area contributed by atoms with E-state index in [1.807, 2.05) is 44.2 Å². The second kappa shape index (κ2) is 9.58. The number of aromatic nitrogens is 4. The molecule has 3 aromatic rings. The molecule has 1 saturated heterocycles. The van der Waals surface area contributed by atoms with Gasteiger partial charge in [0, 0.05) is 26.2 Å². The van der Waals surface area contributed by atoms with E-state index in [1.165, 1.54) is 11.3 Å². The van der Waals surface area contributed by atoms with Crippen molar-refractivity contribution >= 4 is 33.3 Å². The lowest BCUT2D eigenvalue weighted by molar-refractivity contribution is -0.120. The van der Waals surface area contributed by atoms with Crippen LogP contribution in [-0.2, 0) is 4.79 Å². The predicted octanol–water partition coefficient (Wildman–Crippen LogP) is 2.56. The summed E-state index contributed by atoms with van der Waals surface area (Å²) in [7, 11) is 3.52. The molecule has 1 aliphatic heterocycles. The lowest BCUT2D eigenvalue weighted by atomic mass is 10.0. The van der Waals surface area contributed by atoms with Gasteiger partial charge in [-0.3, -0.25) is 9.69 Å². The minimum Gasteiger partial charge on any atom is -0.355 e. The number of benzene rings is 1. The maximum atomic E-state index is 13.1. The Labute approximate surface area is 191 Å². The fraction of sp³-hybridized carbons (Fsp3) is 0.409. The fourth-order valence-electron chi connectivity index (χ4n) is 3.75. The van der Waals surface area contributed by atoms with Crippen LogP contribution in [0.2, 0.25) is 0 Å². The molecule has 2 aromatic heterocycles. The van der Waals surface area contributed by atoms with E-state index in [4.69, 9.17) is 0 Å². The number of aryl methyl sites for hydroxylation is 2. The number of anilines is 3. The average Bonchev–Trinajstić information content (AvgIpc) is 3.45. The van der Waals surface area contributed by atoms with E-state index in [2.05, 4.69) is 35.9 Å². The maximum Gasteiger partial charge on any atom is 0.250 e. The minimum atomic E-state index is -0.445. The molecule has 9 nitrogen and oxygen atoms in total. The molecular weight excluding hydrogens is 424 g/mol. The Balaban J connectivity index is 1.38. The van der Waals surface area contributed by atoms with Crippen molar-refractivity contribution in [1.29, 1.82) is 0 Å². The number of hydrogen-bond acceptors (Lipinski definition) is 9. The Morgan fingerprint density at radius 2 is 1.97 bits per heavy atom. The molecule has 2 N–H and O–H groups in total. The molecule has 0 radical (unpaired) electrons. The first-order chi connectivity index (χ1) is 15.4. The number of likely N-dealkylation sites (N-methyl/N-ethyl adjacent to an activating group) is 2. The lowest BCUT2D eigenvalue weighted by Crippen LogP contribution is -2.37. The van der Waals surface area contributed by atoms with E-state index in [1.54, 1.807) is 25.2 Å². The topological polar surface area (TPSA) is 99.2 Å². The summed E-state index contributed by atoms with van der Waals surface area (Å²) in [5.41, 5.74) is 3.17. The first-order valence-corrected chi connectivity index (χ1v) is 11.4. The Morgan fingerprint density at radius 3 is 2.69 bits per heavy atom. The van der Waals surface area contributed by atoms with Crippen LogP contribution in [0.25, 0.3) is 0 Å². The third kappa shape index (κ3) is 4.86. The summed E-state index contributed by atoms with van der Waals surface area (Å²) in [6.45, 7) is 5.76. The Hall–Kier alpha value is -3.11. The van der Waals surface area contributed by atoms with Gasteiger partial charge in [0.15, 0.2) is 5.82 Å². The molecular formula is C22H28N8OS. The number of nitrogens with one attached hydrogen (secondary N) is 2. The van der Waals surface area contributed by atoms with Gasteiger partial charge in [0.05, 0.1) is 6.20 Å². The first-order valence-electron chi connectivity index (χ1n) is 10.6. The average molecular weight is 453 g/mol. The van der Waals surface area contributed by atoms with E-state index in [-0.39, 0.29) is 11.9 Å². The summed E-state index contributed by atoms with van der Waals surface area (Å²) >= 11 is 1.38. The van der Waals surface area contributed by atoms with Crippen LogP contribution >= 0.6 is 11.3 Å². The number of hydrogen-bond donors (Lipinski definition) is 2. The summed E-state index contributed by atoms with van der Waals surface area (Å²) in [4.78, 5) is 16.9. The van der Waals surface area contributed by atoms with Crippen LogP contribution in [-0.4, -0.2) is 59.5 Å². The highest BCUT2D eigenvalue weighted by Crippen LogP contribution is 2.28. The largest absolute Gasteiger partial charge is 0.355 e. The van der Waals surface area contributed by atoms with Gasteiger partial charge < -0.3 is 15.5 Å². The lowest BCUT2D eigenvalue weighted by Gasteiger charge is -2.21. The summed E-state index contributed by atoms with van der Waals surface area (Å²) in [6, 6.07) is 9.79. The first kappa shape index (κ1) is 22.1. The zero-order valence-corrected chi connectivity index (χ0v) is 19.6. The molecule has 1 fully saturated rings. The van der Waals surface area contributed by atoms with Crippen LogP contribution in [0.3, 0.4) is 0 Å². The fourth-order valence-corrected chi connectivity index (χ4v) is 4.54. The quantitative estimate of drug-likeness (QED) is 0.564. The molecule has 0 spiro atoms. The second-order valence-corrected chi connectivity index (χ2v) is 9.04. The molecule has 0 unspecified atom stereocenters. The van der Waals surface area contributed by atoms with Gasteiger partial charge in [0.25, 0.3) is 0 Å². The van der Waals surface area contributed by atoms with E-state index >= 15 is 0 Å². The Morgan fingerprint density at radius 1 is 1.19 bits per heavy atom. The van der Waals surface area contributed by atoms with Gasteiger partial charge in [-0.15, -0.1) is 15.3 Å². The Kier molecular flexibility index (Phi) is 6.61. The van der Waals surface area contributed by atoms with Gasteiger partial charge in [0.1, 0.15) is 6.04 Å². The summed E-state index contributed by atoms with van der Waals surface area (Å²) in [6.07, 6.45) is 2.72. The second-order valence-electron chi connectivity index (χ2n) is 8.09. The van der Waals surface area contributed by atoms with Gasteiger partial charge >= 0.3 is 0 Å². The number of nitrogens with zero attached hydrogens (tertiary/aromatic N) is 6. The normalized spacial score (nSPS) is 16.8. The molecule has 3 heterocycles. The van der Waals surface area contributed by atoms with Gasteiger partial charge in [-0.25, -0.2) is 0 Å². The van der Waals surface area contributed by atoms with E-state index < -0.39 is 6.04 Å². The molecule has 4 rings (SSSR count). The van der Waals surface area contributed by atoms with Gasteiger partial charge in [-0.1, -0.05) is 41.2 Å². The van der Waals surface area contributed by atoms with Crippen molar-refractivity contribution in [2.75, 3.05) is 42.3 Å². The molecule has 0 aliphatic carbocycles. The molecule has 32 heavy (non-hydrogen) atoms. The molecule has 0 saturated carbocycles. The highest BCUT2D eigenvalue weighted by atomic mass is 32.1. The van der Waals surface area contributed by atoms with Crippen LogP contribution in [0.1, 0.15) is 29.2 Å². The standard InChI is InChI=1S/C22H28N8OS/c1-14-5-7-16(8-6-14)19(23-3)20(31)29(4)22-28-27-21(32-22)25-17-9-10-30(13-17)18-11-15(2)12-24-26-18/h5-8,11-12,17,19,23H,9-10,13H2,1-4H3,(H,25,27)/t17-,19+/m1/s1. The zero-order chi connectivity index (χ0) is 22.7.